The van der Waals surface area contributed by atoms with Crippen molar-refractivity contribution < 1.29 is 4.52 Å². The lowest BCUT2D eigenvalue weighted by atomic mass is 10.1. The van der Waals surface area contributed by atoms with E-state index in [9.17, 15) is 0 Å². The molecule has 6 heteroatoms. The third-order valence-electron chi connectivity index (χ3n) is 3.02. The zero-order valence-corrected chi connectivity index (χ0v) is 13.2. The lowest BCUT2D eigenvalue weighted by Gasteiger charge is -2.00. The van der Waals surface area contributed by atoms with E-state index in [1.165, 1.54) is 0 Å². The van der Waals surface area contributed by atoms with Crippen LogP contribution in [-0.4, -0.2) is 15.1 Å². The van der Waals surface area contributed by atoms with Crippen molar-refractivity contribution in [2.45, 2.75) is 13.8 Å². The minimum atomic E-state index is 0.416. The Labute approximate surface area is 130 Å². The topological polar surface area (TPSA) is 77.8 Å². The summed E-state index contributed by atoms with van der Waals surface area (Å²) in [4.78, 5) is 8.78. The second-order valence-corrected chi connectivity index (χ2v) is 5.79. The van der Waals surface area contributed by atoms with Crippen molar-refractivity contribution in [1.82, 2.24) is 15.1 Å². The Kier molecular flexibility index (Phi) is 3.47. The van der Waals surface area contributed by atoms with Gasteiger partial charge in [0.05, 0.1) is 0 Å². The van der Waals surface area contributed by atoms with E-state index in [0.717, 1.165) is 26.9 Å². The van der Waals surface area contributed by atoms with Gasteiger partial charge in [0.15, 0.2) is 0 Å². The molecule has 0 aliphatic heterocycles. The molecule has 0 saturated carbocycles. The minimum absolute atomic E-state index is 0.416. The van der Waals surface area contributed by atoms with Crippen molar-refractivity contribution in [1.29, 1.82) is 0 Å². The van der Waals surface area contributed by atoms with Gasteiger partial charge in [-0.3, -0.25) is 4.98 Å². The standard InChI is InChI=1S/C15H13BrN4O/c1-8-3-9(2)13(18-7-8)14-19-15(21-20-14)10-4-11(16)6-12(17)5-10/h3-7H,17H2,1-2H3. The Hall–Kier alpha value is -2.21. The summed E-state index contributed by atoms with van der Waals surface area (Å²) < 4.78 is 6.19. The van der Waals surface area contributed by atoms with Gasteiger partial charge in [-0.25, -0.2) is 0 Å². The highest BCUT2D eigenvalue weighted by molar-refractivity contribution is 9.10. The smallest absolute Gasteiger partial charge is 0.258 e. The Morgan fingerprint density at radius 3 is 2.67 bits per heavy atom. The molecule has 2 N–H and O–H groups in total. The number of benzene rings is 1. The summed E-state index contributed by atoms with van der Waals surface area (Å²) in [6.07, 6.45) is 1.79. The SMILES string of the molecule is Cc1cnc(-c2noc(-c3cc(N)cc(Br)c3)n2)c(C)c1. The summed E-state index contributed by atoms with van der Waals surface area (Å²) in [5.74, 6) is 0.890. The second kappa shape index (κ2) is 5.29. The van der Waals surface area contributed by atoms with E-state index >= 15 is 0 Å². The summed E-state index contributed by atoms with van der Waals surface area (Å²) >= 11 is 3.40. The maximum absolute atomic E-state index is 5.82. The van der Waals surface area contributed by atoms with Crippen LogP contribution in [0.1, 0.15) is 11.1 Å². The number of pyridine rings is 1. The van der Waals surface area contributed by atoms with Crippen LogP contribution in [0.3, 0.4) is 0 Å². The van der Waals surface area contributed by atoms with Crippen LogP contribution < -0.4 is 5.73 Å². The summed E-state index contributed by atoms with van der Waals surface area (Å²) in [7, 11) is 0. The maximum atomic E-state index is 5.82. The average Bonchev–Trinajstić information content (AvgIpc) is 2.87. The first-order chi connectivity index (χ1) is 10.0. The molecule has 0 spiro atoms. The molecule has 21 heavy (non-hydrogen) atoms. The highest BCUT2D eigenvalue weighted by atomic mass is 79.9. The number of halogens is 1. The molecule has 0 radical (unpaired) electrons. The molecule has 0 aliphatic carbocycles. The zero-order chi connectivity index (χ0) is 15.0. The van der Waals surface area contributed by atoms with Crippen LogP contribution in [-0.2, 0) is 0 Å². The van der Waals surface area contributed by atoms with Crippen LogP contribution >= 0.6 is 15.9 Å². The number of anilines is 1. The maximum Gasteiger partial charge on any atom is 0.258 e. The van der Waals surface area contributed by atoms with E-state index in [0.29, 0.717) is 17.4 Å². The molecule has 0 amide bonds. The first-order valence-corrected chi connectivity index (χ1v) is 7.16. The fourth-order valence-corrected chi connectivity index (χ4v) is 2.63. The number of aryl methyl sites for hydroxylation is 2. The van der Waals surface area contributed by atoms with E-state index in [1.807, 2.05) is 32.0 Å². The van der Waals surface area contributed by atoms with Gasteiger partial charge in [0, 0.05) is 21.9 Å². The molecular weight excluding hydrogens is 332 g/mol. The third kappa shape index (κ3) is 2.80. The van der Waals surface area contributed by atoms with Crippen LogP contribution in [0.5, 0.6) is 0 Å². The van der Waals surface area contributed by atoms with Crippen molar-refractivity contribution >= 4 is 21.6 Å². The minimum Gasteiger partial charge on any atom is -0.399 e. The molecule has 0 atom stereocenters. The monoisotopic (exact) mass is 344 g/mol. The number of nitrogen functional groups attached to an aromatic ring is 1. The summed E-state index contributed by atoms with van der Waals surface area (Å²) in [5, 5.41) is 4.01. The zero-order valence-electron chi connectivity index (χ0n) is 11.6. The molecule has 5 nitrogen and oxygen atoms in total. The van der Waals surface area contributed by atoms with Gasteiger partial charge in [-0.15, -0.1) is 0 Å². The predicted molar refractivity (Wildman–Crippen MR) is 84.6 cm³/mol. The summed E-state index contributed by atoms with van der Waals surface area (Å²) in [6.45, 7) is 3.97. The number of hydrogen-bond donors (Lipinski definition) is 1. The Balaban J connectivity index is 2.03. The molecule has 1 aromatic carbocycles. The Morgan fingerprint density at radius 1 is 1.14 bits per heavy atom. The van der Waals surface area contributed by atoms with Gasteiger partial charge in [0.2, 0.25) is 5.82 Å². The molecule has 0 unspecified atom stereocenters. The average molecular weight is 345 g/mol. The number of hydrogen-bond acceptors (Lipinski definition) is 5. The molecule has 0 fully saturated rings. The van der Waals surface area contributed by atoms with Gasteiger partial charge in [0.25, 0.3) is 5.89 Å². The van der Waals surface area contributed by atoms with Gasteiger partial charge in [-0.2, -0.15) is 4.98 Å². The molecular formula is C15H13BrN4O. The van der Waals surface area contributed by atoms with E-state index in [1.54, 1.807) is 12.3 Å². The molecule has 0 saturated heterocycles. The largest absolute Gasteiger partial charge is 0.399 e. The molecule has 3 aromatic rings. The second-order valence-electron chi connectivity index (χ2n) is 4.87. The highest BCUT2D eigenvalue weighted by Gasteiger charge is 2.14. The fourth-order valence-electron chi connectivity index (χ4n) is 2.12. The summed E-state index contributed by atoms with van der Waals surface area (Å²) in [5.41, 5.74) is 10.0. The molecule has 2 aromatic heterocycles. The van der Waals surface area contributed by atoms with Gasteiger partial charge < -0.3 is 10.3 Å². The molecule has 0 bridgehead atoms. The van der Waals surface area contributed by atoms with Crippen molar-refractivity contribution in [3.05, 3.63) is 46.1 Å². The van der Waals surface area contributed by atoms with Gasteiger partial charge in [0.1, 0.15) is 5.69 Å². The van der Waals surface area contributed by atoms with Crippen LogP contribution in [0.25, 0.3) is 23.0 Å². The number of aromatic nitrogens is 3. The van der Waals surface area contributed by atoms with Crippen molar-refractivity contribution in [2.75, 3.05) is 5.73 Å². The lowest BCUT2D eigenvalue weighted by molar-refractivity contribution is 0.432. The first-order valence-electron chi connectivity index (χ1n) is 6.37. The van der Waals surface area contributed by atoms with E-state index in [4.69, 9.17) is 10.3 Å². The van der Waals surface area contributed by atoms with Crippen LogP contribution in [0.2, 0.25) is 0 Å². The van der Waals surface area contributed by atoms with Crippen LogP contribution in [0, 0.1) is 13.8 Å². The Bertz CT molecular complexity index is 793. The molecule has 3 rings (SSSR count). The lowest BCUT2D eigenvalue weighted by Crippen LogP contribution is -1.91. The quantitative estimate of drug-likeness (QED) is 0.716. The van der Waals surface area contributed by atoms with Gasteiger partial charge >= 0.3 is 0 Å². The van der Waals surface area contributed by atoms with Crippen LogP contribution in [0.4, 0.5) is 5.69 Å². The third-order valence-corrected chi connectivity index (χ3v) is 3.48. The van der Waals surface area contributed by atoms with Crippen molar-refractivity contribution in [2.24, 2.45) is 0 Å². The molecule has 2 heterocycles. The van der Waals surface area contributed by atoms with Crippen LogP contribution in [0.15, 0.2) is 39.5 Å². The number of nitrogens with zero attached hydrogens (tertiary/aromatic N) is 3. The van der Waals surface area contributed by atoms with Gasteiger partial charge in [-0.05, 0) is 43.2 Å². The molecule has 106 valence electrons. The fraction of sp³-hybridized carbons (Fsp3) is 0.133. The van der Waals surface area contributed by atoms with Crippen molar-refractivity contribution in [3.8, 4) is 23.0 Å². The Morgan fingerprint density at radius 2 is 1.95 bits per heavy atom. The van der Waals surface area contributed by atoms with Crippen molar-refractivity contribution in [3.63, 3.8) is 0 Å². The normalized spacial score (nSPS) is 10.8. The summed E-state index contributed by atoms with van der Waals surface area (Å²) in [6, 6.07) is 7.52. The molecule has 0 aliphatic rings. The number of rotatable bonds is 2. The predicted octanol–water partition coefficient (Wildman–Crippen LogP) is 3.76. The van der Waals surface area contributed by atoms with E-state index in [2.05, 4.69) is 31.1 Å². The van der Waals surface area contributed by atoms with E-state index in [-0.39, 0.29) is 0 Å². The number of nitrogens with two attached hydrogens (primary N) is 1. The van der Waals surface area contributed by atoms with E-state index < -0.39 is 0 Å². The highest BCUT2D eigenvalue weighted by Crippen LogP contribution is 2.27. The van der Waals surface area contributed by atoms with Gasteiger partial charge in [-0.1, -0.05) is 27.2 Å². The first kappa shape index (κ1) is 13.8.